The maximum atomic E-state index is 13.6. The largest absolute Gasteiger partial charge is 0.454 e. The number of thiophene rings is 1. The predicted octanol–water partition coefficient (Wildman–Crippen LogP) is 4.39. The molecular weight excluding hydrogens is 466 g/mol. The minimum atomic E-state index is -0.166. The molecule has 3 amide bonds. The minimum absolute atomic E-state index is 0.0260. The lowest BCUT2D eigenvalue weighted by molar-refractivity contribution is -0.133. The van der Waals surface area contributed by atoms with E-state index in [1.165, 1.54) is 6.42 Å². The molecule has 1 aromatic carbocycles. The van der Waals surface area contributed by atoms with Gasteiger partial charge in [0.05, 0.1) is 6.54 Å². The molecule has 2 heterocycles. The van der Waals surface area contributed by atoms with E-state index in [9.17, 15) is 9.59 Å². The standard InChI is InChI=1S/C26H35N3O5S/c1-32-13-6-12-28(26(31)27-21-7-3-2-4-8-21)18-25(30)29(17-22-9-5-14-35-22)16-20-10-11-23-24(15-20)34-19-33-23/h5,9-11,14-15,21H,2-4,6-8,12-13,16-19H2,1H3,(H,27,31). The van der Waals surface area contributed by atoms with Gasteiger partial charge in [0.1, 0.15) is 6.54 Å². The van der Waals surface area contributed by atoms with Crippen molar-refractivity contribution < 1.29 is 23.8 Å². The normalized spacial score (nSPS) is 15.1. The zero-order chi connectivity index (χ0) is 24.5. The van der Waals surface area contributed by atoms with Gasteiger partial charge in [-0.2, -0.15) is 0 Å². The van der Waals surface area contributed by atoms with Crippen LogP contribution in [-0.2, 0) is 22.6 Å². The van der Waals surface area contributed by atoms with E-state index >= 15 is 0 Å². The number of hydrogen-bond donors (Lipinski definition) is 1. The lowest BCUT2D eigenvalue weighted by Gasteiger charge is -2.30. The summed E-state index contributed by atoms with van der Waals surface area (Å²) in [6.45, 7) is 2.15. The molecule has 1 fully saturated rings. The molecule has 190 valence electrons. The van der Waals surface area contributed by atoms with E-state index in [4.69, 9.17) is 14.2 Å². The molecule has 1 aliphatic heterocycles. The molecule has 1 saturated carbocycles. The smallest absolute Gasteiger partial charge is 0.318 e. The van der Waals surface area contributed by atoms with E-state index in [2.05, 4.69) is 5.32 Å². The fourth-order valence-electron chi connectivity index (χ4n) is 4.51. The second kappa shape index (κ2) is 12.8. The van der Waals surface area contributed by atoms with Crippen LogP contribution in [0.1, 0.15) is 49.0 Å². The van der Waals surface area contributed by atoms with E-state index in [0.717, 1.165) is 36.1 Å². The van der Waals surface area contributed by atoms with Gasteiger partial charge >= 0.3 is 6.03 Å². The molecule has 2 aliphatic rings. The van der Waals surface area contributed by atoms with Crippen molar-refractivity contribution >= 4 is 23.3 Å². The molecule has 0 saturated heterocycles. The number of benzene rings is 1. The van der Waals surface area contributed by atoms with Crippen LogP contribution in [-0.4, -0.2) is 61.4 Å². The number of amides is 3. The van der Waals surface area contributed by atoms with E-state index in [1.807, 2.05) is 35.7 Å². The first-order valence-corrected chi connectivity index (χ1v) is 13.2. The van der Waals surface area contributed by atoms with Crippen molar-refractivity contribution in [3.05, 3.63) is 46.2 Å². The van der Waals surface area contributed by atoms with Crippen molar-refractivity contribution in [3.63, 3.8) is 0 Å². The van der Waals surface area contributed by atoms with Crippen molar-refractivity contribution in [2.24, 2.45) is 0 Å². The average Bonchev–Trinajstić information content (AvgIpc) is 3.55. The molecule has 9 heteroatoms. The van der Waals surface area contributed by atoms with Crippen LogP contribution in [0.25, 0.3) is 0 Å². The molecule has 2 aromatic rings. The highest BCUT2D eigenvalue weighted by Gasteiger charge is 2.25. The van der Waals surface area contributed by atoms with Gasteiger partial charge in [-0.1, -0.05) is 31.4 Å². The molecular formula is C26H35N3O5S. The first kappa shape index (κ1) is 25.3. The summed E-state index contributed by atoms with van der Waals surface area (Å²) in [6, 6.07) is 9.78. The van der Waals surface area contributed by atoms with Gasteiger partial charge < -0.3 is 29.3 Å². The Kier molecular flexibility index (Phi) is 9.25. The molecule has 0 bridgehead atoms. The fourth-order valence-corrected chi connectivity index (χ4v) is 5.23. The summed E-state index contributed by atoms with van der Waals surface area (Å²) < 4.78 is 16.1. The maximum absolute atomic E-state index is 13.6. The summed E-state index contributed by atoms with van der Waals surface area (Å²) in [4.78, 5) is 31.2. The lowest BCUT2D eigenvalue weighted by Crippen LogP contribution is -2.49. The first-order chi connectivity index (χ1) is 17.1. The Morgan fingerprint density at radius 1 is 1.09 bits per heavy atom. The number of nitrogens with one attached hydrogen (secondary N) is 1. The minimum Gasteiger partial charge on any atom is -0.454 e. The quantitative estimate of drug-likeness (QED) is 0.462. The third kappa shape index (κ3) is 7.35. The van der Waals surface area contributed by atoms with Crippen LogP contribution >= 0.6 is 11.3 Å². The van der Waals surface area contributed by atoms with Gasteiger partial charge in [-0.05, 0) is 48.4 Å². The lowest BCUT2D eigenvalue weighted by atomic mass is 9.96. The molecule has 0 atom stereocenters. The molecule has 1 aliphatic carbocycles. The predicted molar refractivity (Wildman–Crippen MR) is 135 cm³/mol. The SMILES string of the molecule is COCCCN(CC(=O)N(Cc1ccc2c(c1)OCO2)Cc1cccs1)C(=O)NC1CCCCC1. The van der Waals surface area contributed by atoms with Gasteiger partial charge in [-0.15, -0.1) is 11.3 Å². The summed E-state index contributed by atoms with van der Waals surface area (Å²) in [6.07, 6.45) is 6.17. The van der Waals surface area contributed by atoms with Crippen molar-refractivity contribution in [2.75, 3.05) is 33.6 Å². The fraction of sp³-hybridized carbons (Fsp3) is 0.538. The molecule has 1 aromatic heterocycles. The van der Waals surface area contributed by atoms with Crippen molar-refractivity contribution in [1.82, 2.24) is 15.1 Å². The van der Waals surface area contributed by atoms with E-state index in [-0.39, 0.29) is 31.3 Å². The molecule has 35 heavy (non-hydrogen) atoms. The first-order valence-electron chi connectivity index (χ1n) is 12.4. The number of carbonyl (C=O) groups excluding carboxylic acids is 2. The topological polar surface area (TPSA) is 80.3 Å². The highest BCUT2D eigenvalue weighted by molar-refractivity contribution is 7.09. The van der Waals surface area contributed by atoms with Gasteiger partial charge in [0.2, 0.25) is 12.7 Å². The number of methoxy groups -OCH3 is 1. The zero-order valence-electron chi connectivity index (χ0n) is 20.4. The van der Waals surface area contributed by atoms with Gasteiger partial charge in [-0.25, -0.2) is 4.79 Å². The average molecular weight is 502 g/mol. The van der Waals surface area contributed by atoms with Crippen LogP contribution in [0.4, 0.5) is 4.79 Å². The highest BCUT2D eigenvalue weighted by Crippen LogP contribution is 2.33. The Morgan fingerprint density at radius 3 is 2.69 bits per heavy atom. The monoisotopic (exact) mass is 501 g/mol. The van der Waals surface area contributed by atoms with E-state index in [1.54, 1.807) is 28.2 Å². The van der Waals surface area contributed by atoms with Crippen molar-refractivity contribution in [2.45, 2.75) is 57.7 Å². The van der Waals surface area contributed by atoms with Crippen LogP contribution in [0.3, 0.4) is 0 Å². The van der Waals surface area contributed by atoms with Crippen LogP contribution in [0, 0.1) is 0 Å². The number of ether oxygens (including phenoxy) is 3. The summed E-state index contributed by atoms with van der Waals surface area (Å²) in [5.41, 5.74) is 0.955. The van der Waals surface area contributed by atoms with Gasteiger partial charge in [-0.3, -0.25) is 4.79 Å². The summed E-state index contributed by atoms with van der Waals surface area (Å²) in [5.74, 6) is 1.32. The molecule has 0 unspecified atom stereocenters. The van der Waals surface area contributed by atoms with E-state index in [0.29, 0.717) is 44.2 Å². The Hall–Kier alpha value is -2.78. The number of carbonyl (C=O) groups is 2. The number of nitrogens with zero attached hydrogens (tertiary/aromatic N) is 2. The van der Waals surface area contributed by atoms with Gasteiger partial charge in [0, 0.05) is 37.7 Å². The van der Waals surface area contributed by atoms with Crippen LogP contribution in [0.2, 0.25) is 0 Å². The molecule has 4 rings (SSSR count). The van der Waals surface area contributed by atoms with Crippen molar-refractivity contribution in [1.29, 1.82) is 0 Å². The van der Waals surface area contributed by atoms with Gasteiger partial charge in [0.25, 0.3) is 0 Å². The Labute approximate surface area is 211 Å². The summed E-state index contributed by atoms with van der Waals surface area (Å²) >= 11 is 1.62. The van der Waals surface area contributed by atoms with Crippen LogP contribution in [0.15, 0.2) is 35.7 Å². The second-order valence-corrected chi connectivity index (χ2v) is 10.1. The Bertz CT molecular complexity index is 962. The highest BCUT2D eigenvalue weighted by atomic mass is 32.1. The zero-order valence-corrected chi connectivity index (χ0v) is 21.2. The number of rotatable bonds is 11. The molecule has 0 radical (unpaired) electrons. The van der Waals surface area contributed by atoms with Gasteiger partial charge in [0.15, 0.2) is 11.5 Å². The third-order valence-electron chi connectivity index (χ3n) is 6.41. The maximum Gasteiger partial charge on any atom is 0.318 e. The summed E-state index contributed by atoms with van der Waals surface area (Å²) in [7, 11) is 1.64. The number of hydrogen-bond acceptors (Lipinski definition) is 6. The van der Waals surface area contributed by atoms with Crippen LogP contribution in [0.5, 0.6) is 11.5 Å². The molecule has 1 N–H and O–H groups in total. The number of urea groups is 1. The summed E-state index contributed by atoms with van der Waals surface area (Å²) in [5, 5.41) is 5.17. The number of fused-ring (bicyclic) bond motifs is 1. The second-order valence-electron chi connectivity index (χ2n) is 9.07. The molecule has 8 nitrogen and oxygen atoms in total. The van der Waals surface area contributed by atoms with Crippen molar-refractivity contribution in [3.8, 4) is 11.5 Å². The van der Waals surface area contributed by atoms with Crippen LogP contribution < -0.4 is 14.8 Å². The molecule has 0 spiro atoms. The Balaban J connectivity index is 1.45. The third-order valence-corrected chi connectivity index (χ3v) is 7.27. The Morgan fingerprint density at radius 2 is 1.91 bits per heavy atom. The van der Waals surface area contributed by atoms with E-state index < -0.39 is 0 Å².